The second-order valence-corrected chi connectivity index (χ2v) is 4.98. The Kier molecular flexibility index (Phi) is 3.89. The maximum atomic E-state index is 5.80. The predicted octanol–water partition coefficient (Wildman–Crippen LogP) is 2.41. The highest BCUT2D eigenvalue weighted by atomic mass is 15.0. The Labute approximate surface area is 134 Å². The van der Waals surface area contributed by atoms with Crippen LogP contribution in [0.15, 0.2) is 48.7 Å². The highest BCUT2D eigenvalue weighted by Crippen LogP contribution is 2.23. The van der Waals surface area contributed by atoms with Gasteiger partial charge in [-0.05, 0) is 19.1 Å². The first kappa shape index (κ1) is 14.5. The number of aryl methyl sites for hydroxylation is 1. The fourth-order valence-electron chi connectivity index (χ4n) is 2.16. The molecule has 0 aliphatic carbocycles. The zero-order valence-corrected chi connectivity index (χ0v) is 12.6. The Morgan fingerprint density at radius 1 is 0.913 bits per heavy atom. The zero-order valence-electron chi connectivity index (χ0n) is 12.6. The first-order valence-corrected chi connectivity index (χ1v) is 7.06. The number of aromatic nitrogens is 3. The molecule has 2 heterocycles. The molecule has 0 fully saturated rings. The van der Waals surface area contributed by atoms with Crippen molar-refractivity contribution < 1.29 is 0 Å². The monoisotopic (exact) mass is 301 g/mol. The largest absolute Gasteiger partial charge is 0.384 e. The highest BCUT2D eigenvalue weighted by Gasteiger charge is 2.10. The molecule has 1 aromatic carbocycles. The van der Waals surface area contributed by atoms with Crippen LogP contribution in [0.5, 0.6) is 0 Å². The number of hydrogen-bond donors (Lipinski definition) is 2. The molecule has 0 spiro atoms. The van der Waals surface area contributed by atoms with Gasteiger partial charge in [0, 0.05) is 17.3 Å². The fraction of sp³-hybridized carbons (Fsp3) is 0.0556. The lowest BCUT2D eigenvalue weighted by atomic mass is 10.0. The van der Waals surface area contributed by atoms with Crippen LogP contribution in [-0.2, 0) is 0 Å². The summed E-state index contributed by atoms with van der Waals surface area (Å²) in [6.07, 6.45) is 1.64. The van der Waals surface area contributed by atoms with E-state index < -0.39 is 0 Å². The summed E-state index contributed by atoms with van der Waals surface area (Å²) in [5.41, 5.74) is 15.3. The lowest BCUT2D eigenvalue weighted by Crippen LogP contribution is -2.02. The molecule has 0 saturated heterocycles. The maximum Gasteiger partial charge on any atom is 0.220 e. The number of rotatable bonds is 1. The van der Waals surface area contributed by atoms with E-state index in [1.165, 1.54) is 0 Å². The van der Waals surface area contributed by atoms with E-state index in [2.05, 4.69) is 26.8 Å². The minimum Gasteiger partial charge on any atom is -0.384 e. The van der Waals surface area contributed by atoms with E-state index in [0.29, 0.717) is 5.82 Å². The summed E-state index contributed by atoms with van der Waals surface area (Å²) in [4.78, 5) is 12.6. The van der Waals surface area contributed by atoms with Crippen LogP contribution in [0.3, 0.4) is 0 Å². The molecule has 0 saturated carbocycles. The lowest BCUT2D eigenvalue weighted by molar-refractivity contribution is 1.11. The molecule has 0 aliphatic heterocycles. The lowest BCUT2D eigenvalue weighted by Gasteiger charge is -2.07. The van der Waals surface area contributed by atoms with Crippen LogP contribution in [0.2, 0.25) is 0 Å². The summed E-state index contributed by atoms with van der Waals surface area (Å²) in [6, 6.07) is 13.3. The van der Waals surface area contributed by atoms with Gasteiger partial charge in [0.1, 0.15) is 5.82 Å². The molecular formula is C18H15N5. The van der Waals surface area contributed by atoms with Gasteiger partial charge in [-0.1, -0.05) is 42.2 Å². The molecule has 112 valence electrons. The maximum absolute atomic E-state index is 5.80. The quantitative estimate of drug-likeness (QED) is 0.674. The van der Waals surface area contributed by atoms with E-state index in [4.69, 9.17) is 11.5 Å². The van der Waals surface area contributed by atoms with Gasteiger partial charge in [-0.2, -0.15) is 0 Å². The van der Waals surface area contributed by atoms with Crippen molar-refractivity contribution in [3.05, 3.63) is 65.5 Å². The normalized spacial score (nSPS) is 9.96. The molecule has 23 heavy (non-hydrogen) atoms. The van der Waals surface area contributed by atoms with Crippen molar-refractivity contribution in [3.63, 3.8) is 0 Å². The average Bonchev–Trinajstić information content (AvgIpc) is 2.56. The van der Waals surface area contributed by atoms with E-state index >= 15 is 0 Å². The van der Waals surface area contributed by atoms with Crippen LogP contribution in [0.1, 0.15) is 16.8 Å². The number of hydrogen-bond acceptors (Lipinski definition) is 5. The minimum atomic E-state index is 0.237. The third-order valence-electron chi connectivity index (χ3n) is 3.27. The summed E-state index contributed by atoms with van der Waals surface area (Å²) in [5.74, 6) is 6.90. The Bertz CT molecular complexity index is 890. The van der Waals surface area contributed by atoms with Gasteiger partial charge in [0.25, 0.3) is 0 Å². The van der Waals surface area contributed by atoms with Gasteiger partial charge >= 0.3 is 0 Å². The summed E-state index contributed by atoms with van der Waals surface area (Å²) in [6.45, 7) is 1.87. The van der Waals surface area contributed by atoms with Gasteiger partial charge in [-0.15, -0.1) is 0 Å². The Hall–Kier alpha value is -3.39. The third kappa shape index (κ3) is 3.27. The summed E-state index contributed by atoms with van der Waals surface area (Å²) in [5, 5.41) is 0. The van der Waals surface area contributed by atoms with Crippen LogP contribution < -0.4 is 11.5 Å². The van der Waals surface area contributed by atoms with Gasteiger partial charge in [-0.3, -0.25) is 0 Å². The third-order valence-corrected chi connectivity index (χ3v) is 3.27. The average molecular weight is 301 g/mol. The number of nitrogens with zero attached hydrogens (tertiary/aromatic N) is 3. The number of nitrogen functional groups attached to an aromatic ring is 2. The minimum absolute atomic E-state index is 0.237. The standard InChI is InChI=1S/C18H15N5/c1-12-15(9-7-13-8-10-16(19)21-11-13)17(23-18(20)22-12)14-5-3-2-4-6-14/h2-6,8,10-11H,1H3,(H2,19,21)(H2,20,22,23). The number of pyridine rings is 1. The first-order valence-electron chi connectivity index (χ1n) is 7.06. The van der Waals surface area contributed by atoms with E-state index in [1.54, 1.807) is 12.3 Å². The molecule has 5 nitrogen and oxygen atoms in total. The summed E-state index contributed by atoms with van der Waals surface area (Å²) >= 11 is 0. The molecule has 3 rings (SSSR count). The number of nitrogens with two attached hydrogens (primary N) is 2. The van der Waals surface area contributed by atoms with Crippen molar-refractivity contribution in [3.8, 4) is 23.1 Å². The van der Waals surface area contributed by atoms with Crippen LogP contribution >= 0.6 is 0 Å². The van der Waals surface area contributed by atoms with Gasteiger partial charge < -0.3 is 11.5 Å². The van der Waals surface area contributed by atoms with Crippen molar-refractivity contribution in [2.45, 2.75) is 6.92 Å². The van der Waals surface area contributed by atoms with Crippen molar-refractivity contribution in [1.29, 1.82) is 0 Å². The predicted molar refractivity (Wildman–Crippen MR) is 91.2 cm³/mol. The van der Waals surface area contributed by atoms with Gasteiger partial charge in [-0.25, -0.2) is 15.0 Å². The molecule has 0 atom stereocenters. The molecule has 3 aromatic rings. The molecule has 0 aliphatic rings. The molecule has 5 heteroatoms. The van der Waals surface area contributed by atoms with Gasteiger partial charge in [0.15, 0.2) is 0 Å². The van der Waals surface area contributed by atoms with Crippen molar-refractivity contribution in [2.75, 3.05) is 11.5 Å². The molecule has 0 bridgehead atoms. The molecule has 2 aromatic heterocycles. The molecular weight excluding hydrogens is 286 g/mol. The van der Waals surface area contributed by atoms with Crippen molar-refractivity contribution in [2.24, 2.45) is 0 Å². The molecule has 4 N–H and O–H groups in total. The van der Waals surface area contributed by atoms with Crippen molar-refractivity contribution in [1.82, 2.24) is 15.0 Å². The fourth-order valence-corrected chi connectivity index (χ4v) is 2.16. The van der Waals surface area contributed by atoms with Gasteiger partial charge in [0.2, 0.25) is 5.95 Å². The van der Waals surface area contributed by atoms with Gasteiger partial charge in [0.05, 0.1) is 17.0 Å². The van der Waals surface area contributed by atoms with Crippen LogP contribution in [-0.4, -0.2) is 15.0 Å². The smallest absolute Gasteiger partial charge is 0.220 e. The SMILES string of the molecule is Cc1nc(N)nc(-c2ccccc2)c1C#Cc1ccc(N)nc1. The zero-order chi connectivity index (χ0) is 16.2. The van der Waals surface area contributed by atoms with Crippen molar-refractivity contribution >= 4 is 11.8 Å². The Balaban J connectivity index is 2.11. The molecule has 0 unspecified atom stereocenters. The second kappa shape index (κ2) is 6.16. The van der Waals surface area contributed by atoms with E-state index in [9.17, 15) is 0 Å². The molecule has 0 amide bonds. The topological polar surface area (TPSA) is 90.7 Å². The van der Waals surface area contributed by atoms with E-state index in [0.717, 1.165) is 28.1 Å². The number of anilines is 2. The van der Waals surface area contributed by atoms with E-state index in [-0.39, 0.29) is 5.95 Å². The second-order valence-electron chi connectivity index (χ2n) is 4.98. The Morgan fingerprint density at radius 2 is 1.70 bits per heavy atom. The summed E-state index contributed by atoms with van der Waals surface area (Å²) in [7, 11) is 0. The molecule has 0 radical (unpaired) electrons. The number of benzene rings is 1. The van der Waals surface area contributed by atoms with Crippen LogP contribution in [0.4, 0.5) is 11.8 Å². The van der Waals surface area contributed by atoms with Crippen LogP contribution in [0, 0.1) is 18.8 Å². The summed E-state index contributed by atoms with van der Waals surface area (Å²) < 4.78 is 0. The van der Waals surface area contributed by atoms with Crippen LogP contribution in [0.25, 0.3) is 11.3 Å². The van der Waals surface area contributed by atoms with E-state index in [1.807, 2.05) is 43.3 Å². The first-order chi connectivity index (χ1) is 11.1. The highest BCUT2D eigenvalue weighted by molar-refractivity contribution is 5.69. The Morgan fingerprint density at radius 3 is 2.39 bits per heavy atom.